The first-order valence-electron chi connectivity index (χ1n) is 7.82. The van der Waals surface area contributed by atoms with Crippen LogP contribution in [0.15, 0.2) is 53.4 Å². The first-order valence-corrected chi connectivity index (χ1v) is 9.01. The zero-order valence-corrected chi connectivity index (χ0v) is 15.8. The fourth-order valence-electron chi connectivity index (χ4n) is 2.32. The Kier molecular flexibility index (Phi) is 5.83. The number of nitrogens with zero attached hydrogens (tertiary/aromatic N) is 1. The molecule has 0 aromatic heterocycles. The first-order chi connectivity index (χ1) is 13.0. The van der Waals surface area contributed by atoms with E-state index in [9.17, 15) is 14.4 Å². The van der Waals surface area contributed by atoms with Gasteiger partial charge in [0.25, 0.3) is 11.1 Å². The lowest BCUT2D eigenvalue weighted by molar-refractivity contribution is -0.142. The van der Waals surface area contributed by atoms with E-state index in [2.05, 4.69) is 4.74 Å². The molecule has 2 aromatic rings. The van der Waals surface area contributed by atoms with Crippen molar-refractivity contribution in [1.82, 2.24) is 0 Å². The lowest BCUT2D eigenvalue weighted by atomic mass is 10.2. The van der Waals surface area contributed by atoms with Gasteiger partial charge in [-0.1, -0.05) is 35.9 Å². The molecule has 0 bridgehead atoms. The average Bonchev–Trinajstić information content (AvgIpc) is 2.94. The Bertz CT molecular complexity index is 926. The van der Waals surface area contributed by atoms with Crippen LogP contribution in [0.4, 0.5) is 10.5 Å². The summed E-state index contributed by atoms with van der Waals surface area (Å²) in [6, 6.07) is 13.4. The van der Waals surface area contributed by atoms with E-state index in [1.165, 1.54) is 7.11 Å². The van der Waals surface area contributed by atoms with E-state index < -0.39 is 17.1 Å². The molecule has 1 fully saturated rings. The molecule has 0 radical (unpaired) electrons. The Labute approximate surface area is 164 Å². The number of para-hydroxylation sites is 1. The molecule has 8 heteroatoms. The van der Waals surface area contributed by atoms with Crippen molar-refractivity contribution in [2.24, 2.45) is 0 Å². The lowest BCUT2D eigenvalue weighted by Gasteiger charge is -2.13. The molecule has 0 atom stereocenters. The summed E-state index contributed by atoms with van der Waals surface area (Å²) in [4.78, 5) is 37.3. The van der Waals surface area contributed by atoms with Crippen LogP contribution in [0.2, 0.25) is 5.02 Å². The van der Waals surface area contributed by atoms with Crippen molar-refractivity contribution in [2.75, 3.05) is 18.6 Å². The van der Waals surface area contributed by atoms with E-state index in [1.54, 1.807) is 54.6 Å². The molecular formula is C19H14ClNO5S. The number of hydrogen-bond donors (Lipinski definition) is 0. The van der Waals surface area contributed by atoms with Crippen molar-refractivity contribution in [3.63, 3.8) is 0 Å². The van der Waals surface area contributed by atoms with Crippen LogP contribution in [-0.4, -0.2) is 30.8 Å². The number of benzene rings is 2. The van der Waals surface area contributed by atoms with Gasteiger partial charge in [-0.25, -0.2) is 9.69 Å². The predicted octanol–water partition coefficient (Wildman–Crippen LogP) is 4.13. The van der Waals surface area contributed by atoms with Crippen LogP contribution in [0.25, 0.3) is 6.08 Å². The second kappa shape index (κ2) is 8.28. The summed E-state index contributed by atoms with van der Waals surface area (Å²) in [6.07, 6.45) is 1.62. The van der Waals surface area contributed by atoms with Gasteiger partial charge in [0, 0.05) is 0 Å². The third-order valence-electron chi connectivity index (χ3n) is 3.65. The summed E-state index contributed by atoms with van der Waals surface area (Å²) >= 11 is 6.95. The van der Waals surface area contributed by atoms with Crippen LogP contribution in [0.3, 0.4) is 0 Å². The average molecular weight is 404 g/mol. The molecule has 1 aliphatic rings. The van der Waals surface area contributed by atoms with Crippen LogP contribution < -0.4 is 9.64 Å². The van der Waals surface area contributed by atoms with Crippen molar-refractivity contribution >= 4 is 52.2 Å². The highest BCUT2D eigenvalue weighted by Crippen LogP contribution is 2.38. The van der Waals surface area contributed by atoms with Crippen LogP contribution in [-0.2, 0) is 14.3 Å². The summed E-state index contributed by atoms with van der Waals surface area (Å²) in [5.74, 6) is -0.418. The van der Waals surface area contributed by atoms with Gasteiger partial charge in [0.2, 0.25) is 0 Å². The number of halogens is 1. The van der Waals surface area contributed by atoms with Gasteiger partial charge < -0.3 is 9.47 Å². The molecule has 2 aromatic carbocycles. The van der Waals surface area contributed by atoms with E-state index in [-0.39, 0.29) is 6.61 Å². The predicted molar refractivity (Wildman–Crippen MR) is 104 cm³/mol. The lowest BCUT2D eigenvalue weighted by Crippen LogP contribution is -2.27. The molecule has 6 nitrogen and oxygen atoms in total. The Hall–Kier alpha value is -2.77. The number of esters is 1. The minimum absolute atomic E-state index is 0.188. The number of amides is 2. The molecule has 0 N–H and O–H groups in total. The molecule has 1 saturated heterocycles. The Morgan fingerprint density at radius 2 is 1.85 bits per heavy atom. The number of anilines is 1. The Balaban J connectivity index is 1.76. The normalized spacial score (nSPS) is 15.3. The number of rotatable bonds is 5. The van der Waals surface area contributed by atoms with Gasteiger partial charge in [0.05, 0.1) is 22.7 Å². The number of methoxy groups -OCH3 is 1. The quantitative estimate of drug-likeness (QED) is 0.552. The molecule has 0 unspecified atom stereocenters. The summed E-state index contributed by atoms with van der Waals surface area (Å²) < 4.78 is 9.77. The maximum absolute atomic E-state index is 12.6. The van der Waals surface area contributed by atoms with E-state index in [4.69, 9.17) is 16.3 Å². The van der Waals surface area contributed by atoms with Gasteiger partial charge in [-0.2, -0.15) is 0 Å². The van der Waals surface area contributed by atoms with Crippen LogP contribution in [0, 0.1) is 0 Å². The smallest absolute Gasteiger partial charge is 0.343 e. The third-order valence-corrected chi connectivity index (χ3v) is 4.84. The molecule has 27 heavy (non-hydrogen) atoms. The van der Waals surface area contributed by atoms with Crippen LogP contribution in [0.5, 0.6) is 5.75 Å². The van der Waals surface area contributed by atoms with Crippen molar-refractivity contribution in [3.05, 3.63) is 64.0 Å². The molecule has 3 rings (SSSR count). The molecule has 1 heterocycles. The van der Waals surface area contributed by atoms with Crippen molar-refractivity contribution < 1.29 is 23.9 Å². The SMILES string of the molecule is COC(=O)COc1ccc(C=C2SC(=O)N(c3ccccc3Cl)C2=O)cc1. The first kappa shape index (κ1) is 19.0. The fraction of sp³-hybridized carbons (Fsp3) is 0.105. The topological polar surface area (TPSA) is 72.9 Å². The van der Waals surface area contributed by atoms with Crippen molar-refractivity contribution in [2.45, 2.75) is 0 Å². The van der Waals surface area contributed by atoms with Gasteiger partial charge in [0.1, 0.15) is 5.75 Å². The summed E-state index contributed by atoms with van der Waals surface area (Å²) in [7, 11) is 1.28. The second-order valence-electron chi connectivity index (χ2n) is 5.40. The molecule has 1 aliphatic heterocycles. The zero-order valence-electron chi connectivity index (χ0n) is 14.2. The van der Waals surface area contributed by atoms with Crippen molar-refractivity contribution in [3.8, 4) is 5.75 Å². The number of hydrogen-bond acceptors (Lipinski definition) is 6. The van der Waals surface area contributed by atoms with Gasteiger partial charge in [-0.3, -0.25) is 9.59 Å². The number of thioether (sulfide) groups is 1. The molecule has 138 valence electrons. The minimum atomic E-state index is -0.479. The third kappa shape index (κ3) is 4.32. The molecule has 0 saturated carbocycles. The number of carbonyl (C=O) groups excluding carboxylic acids is 3. The Morgan fingerprint density at radius 1 is 1.15 bits per heavy atom. The monoisotopic (exact) mass is 403 g/mol. The fourth-order valence-corrected chi connectivity index (χ4v) is 3.38. The van der Waals surface area contributed by atoms with Gasteiger partial charge in [-0.05, 0) is 47.7 Å². The Morgan fingerprint density at radius 3 is 2.52 bits per heavy atom. The van der Waals surface area contributed by atoms with Gasteiger partial charge >= 0.3 is 5.97 Å². The summed E-state index contributed by atoms with van der Waals surface area (Å²) in [5.41, 5.74) is 1.07. The summed E-state index contributed by atoms with van der Waals surface area (Å²) in [5, 5.41) is -0.0782. The van der Waals surface area contributed by atoms with E-state index >= 15 is 0 Å². The number of carbonyl (C=O) groups is 3. The van der Waals surface area contributed by atoms with E-state index in [0.717, 1.165) is 16.7 Å². The largest absolute Gasteiger partial charge is 0.482 e. The molecule has 2 amide bonds. The van der Waals surface area contributed by atoms with E-state index in [0.29, 0.717) is 26.9 Å². The maximum atomic E-state index is 12.6. The number of ether oxygens (including phenoxy) is 2. The highest BCUT2D eigenvalue weighted by atomic mass is 35.5. The maximum Gasteiger partial charge on any atom is 0.343 e. The molecule has 0 aliphatic carbocycles. The van der Waals surface area contributed by atoms with Crippen LogP contribution in [0.1, 0.15) is 5.56 Å². The van der Waals surface area contributed by atoms with Gasteiger partial charge in [-0.15, -0.1) is 0 Å². The standard InChI is InChI=1S/C19H14ClNO5S/c1-25-17(22)11-26-13-8-6-12(7-9-13)10-16-18(23)21(19(24)27-16)15-5-3-2-4-14(15)20/h2-10H,11H2,1H3. The molecule has 0 spiro atoms. The van der Waals surface area contributed by atoms with Crippen LogP contribution >= 0.6 is 23.4 Å². The zero-order chi connectivity index (χ0) is 19.4. The van der Waals surface area contributed by atoms with Crippen molar-refractivity contribution in [1.29, 1.82) is 0 Å². The van der Waals surface area contributed by atoms with Gasteiger partial charge in [0.15, 0.2) is 6.61 Å². The van der Waals surface area contributed by atoms with E-state index in [1.807, 2.05) is 0 Å². The highest BCUT2D eigenvalue weighted by molar-refractivity contribution is 8.19. The minimum Gasteiger partial charge on any atom is -0.482 e. The molecular weight excluding hydrogens is 390 g/mol. The number of imide groups is 1. The second-order valence-corrected chi connectivity index (χ2v) is 6.80. The summed E-state index contributed by atoms with van der Waals surface area (Å²) in [6.45, 7) is -0.188. The highest BCUT2D eigenvalue weighted by Gasteiger charge is 2.37.